The van der Waals surface area contributed by atoms with E-state index in [1.165, 1.54) is 11.3 Å². The fourth-order valence-corrected chi connectivity index (χ4v) is 6.67. The number of phenolic OH excluding ortho intramolecular Hbond substituents is 1. The Morgan fingerprint density at radius 1 is 1.12 bits per heavy atom. The topological polar surface area (TPSA) is 90.1 Å². The molecule has 3 aromatic carbocycles. The Labute approximate surface area is 259 Å². The second-order valence-corrected chi connectivity index (χ2v) is 12.0. The van der Waals surface area contributed by atoms with Gasteiger partial charge in [-0.05, 0) is 84.2 Å². The number of esters is 1. The van der Waals surface area contributed by atoms with Crippen LogP contribution in [0.1, 0.15) is 36.6 Å². The number of hydrogen-bond donors (Lipinski definition) is 1. The molecule has 210 valence electrons. The fourth-order valence-electron chi connectivity index (χ4n) is 4.64. The Bertz CT molecular complexity index is 1810. The van der Waals surface area contributed by atoms with Crippen molar-refractivity contribution in [3.8, 4) is 11.5 Å². The molecule has 0 aliphatic carbocycles. The second kappa shape index (κ2) is 12.7. The molecule has 1 aliphatic heterocycles. The van der Waals surface area contributed by atoms with E-state index in [4.69, 9.17) is 14.5 Å². The van der Waals surface area contributed by atoms with E-state index < -0.39 is 12.0 Å². The molecule has 0 radical (unpaired) electrons. The summed E-state index contributed by atoms with van der Waals surface area (Å²) in [5, 5.41) is 10.4. The minimum atomic E-state index is -0.738. The fraction of sp³-hybridized carbons (Fsp3) is 0.194. The van der Waals surface area contributed by atoms with Gasteiger partial charge < -0.3 is 14.6 Å². The Hall–Kier alpha value is -3.35. The molecule has 2 heterocycles. The van der Waals surface area contributed by atoms with Crippen molar-refractivity contribution in [2.75, 3.05) is 19.5 Å². The van der Waals surface area contributed by atoms with Crippen molar-refractivity contribution in [3.05, 3.63) is 112 Å². The number of aromatic hydroxyl groups is 1. The van der Waals surface area contributed by atoms with Crippen LogP contribution in [0, 0.1) is 3.57 Å². The lowest BCUT2D eigenvalue weighted by Crippen LogP contribution is -2.40. The minimum absolute atomic E-state index is 0.0614. The summed E-state index contributed by atoms with van der Waals surface area (Å²) in [6, 6.07) is 20.1. The van der Waals surface area contributed by atoms with Gasteiger partial charge in [0.05, 0.1) is 38.6 Å². The lowest BCUT2D eigenvalue weighted by atomic mass is 9.93. The van der Waals surface area contributed by atoms with Crippen LogP contribution >= 0.6 is 45.7 Å². The van der Waals surface area contributed by atoms with E-state index in [1.807, 2.05) is 90.4 Å². The van der Waals surface area contributed by atoms with Gasteiger partial charge in [0.25, 0.3) is 5.56 Å². The van der Waals surface area contributed by atoms with Gasteiger partial charge in [-0.3, -0.25) is 9.36 Å². The number of halogens is 1. The molecule has 0 saturated carbocycles. The van der Waals surface area contributed by atoms with Crippen molar-refractivity contribution in [1.29, 1.82) is 0 Å². The normalized spacial score (nSPS) is 14.9. The maximum absolute atomic E-state index is 14.1. The average Bonchev–Trinajstić information content (AvgIpc) is 3.29. The third-order valence-electron chi connectivity index (χ3n) is 6.45. The van der Waals surface area contributed by atoms with E-state index in [2.05, 4.69) is 0 Å². The molecule has 4 aromatic rings. The van der Waals surface area contributed by atoms with Gasteiger partial charge in [-0.2, -0.15) is 0 Å². The molecule has 0 bridgehead atoms. The average molecular weight is 699 g/mol. The van der Waals surface area contributed by atoms with Gasteiger partial charge in [-0.1, -0.05) is 53.8 Å². The lowest BCUT2D eigenvalue weighted by molar-refractivity contribution is -0.138. The number of carbonyl (C=O) groups is 1. The van der Waals surface area contributed by atoms with E-state index in [1.54, 1.807) is 41.5 Å². The SMILES string of the molecule is CCOC(=O)C1=C(c2ccccc2)N=c2s/c(=C\c3cc(I)c(O)c(OCC)c3)c(=O)n2[C@@H]1c1ccc(SC)cc1. The molecule has 5 rings (SSSR count). The Morgan fingerprint density at radius 3 is 2.51 bits per heavy atom. The minimum Gasteiger partial charge on any atom is -0.504 e. The van der Waals surface area contributed by atoms with Gasteiger partial charge in [-0.25, -0.2) is 9.79 Å². The smallest absolute Gasteiger partial charge is 0.338 e. The summed E-state index contributed by atoms with van der Waals surface area (Å²) in [6.07, 6.45) is 3.76. The highest BCUT2D eigenvalue weighted by molar-refractivity contribution is 14.1. The van der Waals surface area contributed by atoms with Gasteiger partial charge in [0.15, 0.2) is 16.3 Å². The third kappa shape index (κ3) is 5.86. The van der Waals surface area contributed by atoms with Crippen molar-refractivity contribution in [2.45, 2.75) is 24.8 Å². The maximum atomic E-state index is 14.1. The molecule has 0 fully saturated rings. The summed E-state index contributed by atoms with van der Waals surface area (Å²) in [5.74, 6) is -0.106. The zero-order valence-electron chi connectivity index (χ0n) is 22.6. The van der Waals surface area contributed by atoms with Gasteiger partial charge in [0.2, 0.25) is 0 Å². The Kier molecular flexibility index (Phi) is 9.00. The first-order valence-electron chi connectivity index (χ1n) is 12.9. The number of thiazole rings is 1. The zero-order chi connectivity index (χ0) is 29.1. The van der Waals surface area contributed by atoms with Crippen LogP contribution in [0.5, 0.6) is 11.5 Å². The second-order valence-electron chi connectivity index (χ2n) is 8.99. The van der Waals surface area contributed by atoms with Crippen molar-refractivity contribution < 1.29 is 19.4 Å². The van der Waals surface area contributed by atoms with Crippen molar-refractivity contribution in [2.24, 2.45) is 4.99 Å². The first-order valence-corrected chi connectivity index (χ1v) is 16.1. The largest absolute Gasteiger partial charge is 0.504 e. The molecule has 1 aromatic heterocycles. The number of benzene rings is 3. The number of rotatable bonds is 8. The van der Waals surface area contributed by atoms with Crippen LogP contribution in [-0.4, -0.2) is 35.1 Å². The highest BCUT2D eigenvalue weighted by atomic mass is 127. The number of fused-ring (bicyclic) bond motifs is 1. The molecule has 0 unspecified atom stereocenters. The first kappa shape index (κ1) is 29.2. The number of aromatic nitrogens is 1. The van der Waals surface area contributed by atoms with Crippen LogP contribution in [0.25, 0.3) is 11.8 Å². The van der Waals surface area contributed by atoms with Gasteiger partial charge in [0.1, 0.15) is 0 Å². The summed E-state index contributed by atoms with van der Waals surface area (Å²) in [6.45, 7) is 4.18. The molecular formula is C31H27IN2O5S2. The Balaban J connectivity index is 1.80. The molecular weight excluding hydrogens is 671 g/mol. The standard InChI is InChI=1S/C31H27IN2O5S2/c1-4-38-23-16-18(15-22(32)28(23)35)17-24-29(36)34-27(20-11-13-21(40-3)14-12-20)25(30(37)39-5-2)26(33-31(34)41-24)19-9-7-6-8-10-19/h6-17,27,35H,4-5H2,1-3H3/b24-17-/t27-/m1/s1. The predicted octanol–water partition coefficient (Wildman–Crippen LogP) is 5.37. The number of phenols is 1. The van der Waals surface area contributed by atoms with Gasteiger partial charge in [0, 0.05) is 10.5 Å². The molecule has 0 saturated heterocycles. The van der Waals surface area contributed by atoms with Crippen molar-refractivity contribution >= 4 is 63.4 Å². The number of thioether (sulfide) groups is 1. The van der Waals surface area contributed by atoms with Crippen molar-refractivity contribution in [3.63, 3.8) is 0 Å². The molecule has 1 aliphatic rings. The molecule has 1 atom stereocenters. The van der Waals surface area contributed by atoms with E-state index in [0.29, 0.717) is 42.1 Å². The molecule has 1 N–H and O–H groups in total. The number of ether oxygens (including phenoxy) is 2. The lowest BCUT2D eigenvalue weighted by Gasteiger charge is -2.26. The highest BCUT2D eigenvalue weighted by Crippen LogP contribution is 2.36. The quantitative estimate of drug-likeness (QED) is 0.151. The summed E-state index contributed by atoms with van der Waals surface area (Å²) >= 11 is 4.90. The third-order valence-corrected chi connectivity index (χ3v) is 9.00. The van der Waals surface area contributed by atoms with Gasteiger partial charge in [-0.15, -0.1) is 11.8 Å². The van der Waals surface area contributed by atoms with Gasteiger partial charge >= 0.3 is 5.97 Å². The van der Waals surface area contributed by atoms with Crippen LogP contribution in [0.4, 0.5) is 0 Å². The van der Waals surface area contributed by atoms with Crippen LogP contribution in [0.3, 0.4) is 0 Å². The van der Waals surface area contributed by atoms with E-state index in [0.717, 1.165) is 16.0 Å². The van der Waals surface area contributed by atoms with Crippen LogP contribution < -0.4 is 19.6 Å². The summed E-state index contributed by atoms with van der Waals surface area (Å²) in [7, 11) is 0. The number of carbonyl (C=O) groups excluding carboxylic acids is 1. The van der Waals surface area contributed by atoms with Crippen LogP contribution in [0.2, 0.25) is 0 Å². The summed E-state index contributed by atoms with van der Waals surface area (Å²) in [4.78, 5) is 34.1. The summed E-state index contributed by atoms with van der Waals surface area (Å²) in [5.41, 5.74) is 2.76. The van der Waals surface area contributed by atoms with E-state index >= 15 is 0 Å². The van der Waals surface area contributed by atoms with Crippen molar-refractivity contribution in [1.82, 2.24) is 4.57 Å². The van der Waals surface area contributed by atoms with Crippen LogP contribution in [-0.2, 0) is 9.53 Å². The van der Waals surface area contributed by atoms with Crippen LogP contribution in [0.15, 0.2) is 87.0 Å². The number of hydrogen-bond acceptors (Lipinski definition) is 8. The summed E-state index contributed by atoms with van der Waals surface area (Å²) < 4.78 is 13.8. The van der Waals surface area contributed by atoms with E-state index in [9.17, 15) is 14.7 Å². The zero-order valence-corrected chi connectivity index (χ0v) is 26.4. The molecule has 10 heteroatoms. The molecule has 7 nitrogen and oxygen atoms in total. The first-order chi connectivity index (χ1) is 19.9. The Morgan fingerprint density at radius 2 is 1.85 bits per heavy atom. The predicted molar refractivity (Wildman–Crippen MR) is 171 cm³/mol. The molecule has 0 spiro atoms. The monoisotopic (exact) mass is 698 g/mol. The molecule has 41 heavy (non-hydrogen) atoms. The number of nitrogens with zero attached hydrogens (tertiary/aromatic N) is 2. The van der Waals surface area contributed by atoms with E-state index in [-0.39, 0.29) is 17.9 Å². The highest BCUT2D eigenvalue weighted by Gasteiger charge is 2.35. The molecule has 0 amide bonds. The maximum Gasteiger partial charge on any atom is 0.338 e.